The van der Waals surface area contributed by atoms with E-state index >= 15 is 0 Å². The Labute approximate surface area is 164 Å². The van der Waals surface area contributed by atoms with Gasteiger partial charge < -0.3 is 4.90 Å². The van der Waals surface area contributed by atoms with Gasteiger partial charge in [0.05, 0.1) is 16.6 Å². The highest BCUT2D eigenvalue weighted by atomic mass is 32.1. The Hall–Kier alpha value is -3.07. The molecule has 0 aliphatic carbocycles. The highest BCUT2D eigenvalue weighted by Crippen LogP contribution is 2.30. The molecule has 144 valence electrons. The smallest absolute Gasteiger partial charge is 0.269 e. The van der Waals surface area contributed by atoms with E-state index in [2.05, 4.69) is 4.98 Å². The summed E-state index contributed by atoms with van der Waals surface area (Å²) in [5.74, 6) is -0.232. The van der Waals surface area contributed by atoms with Gasteiger partial charge in [0.2, 0.25) is 5.91 Å². The Balaban J connectivity index is 1.63. The molecule has 0 unspecified atom stereocenters. The van der Waals surface area contributed by atoms with Crippen LogP contribution >= 0.6 is 11.3 Å². The molecule has 9 heteroatoms. The van der Waals surface area contributed by atoms with E-state index in [4.69, 9.17) is 0 Å². The number of aryl methyl sites for hydroxylation is 2. The molecular formula is C19H18N4O4S. The molecule has 0 fully saturated rings. The van der Waals surface area contributed by atoms with Gasteiger partial charge in [0.25, 0.3) is 11.2 Å². The first-order valence-corrected chi connectivity index (χ1v) is 9.85. The van der Waals surface area contributed by atoms with Crippen LogP contribution in [0.2, 0.25) is 0 Å². The number of carbonyl (C=O) groups is 1. The molecule has 0 atom stereocenters. The first kappa shape index (κ1) is 18.3. The van der Waals surface area contributed by atoms with Crippen molar-refractivity contribution in [3.05, 3.63) is 61.5 Å². The van der Waals surface area contributed by atoms with Gasteiger partial charge in [-0.15, -0.1) is 11.3 Å². The Morgan fingerprint density at radius 3 is 2.93 bits per heavy atom. The van der Waals surface area contributed by atoms with Gasteiger partial charge in [-0.3, -0.25) is 24.3 Å². The molecule has 0 saturated heterocycles. The number of carbonyl (C=O) groups excluding carboxylic acids is 1. The molecule has 2 aromatic heterocycles. The number of amides is 1. The maximum Gasteiger partial charge on any atom is 0.269 e. The van der Waals surface area contributed by atoms with Gasteiger partial charge in [-0.1, -0.05) is 6.92 Å². The quantitative estimate of drug-likeness (QED) is 0.497. The lowest BCUT2D eigenvalue weighted by molar-refractivity contribution is -0.384. The standard InChI is InChI=1S/C19H18N4O4S/c1-2-14-9-15-18(28-14)20-11-21(19(15)25)10-17(24)22-7-3-4-12-8-13(23(26)27)5-6-16(12)22/h5-6,8-9,11H,2-4,7,10H2,1H3. The Kier molecular flexibility index (Phi) is 4.68. The number of rotatable bonds is 4. The zero-order valence-electron chi connectivity index (χ0n) is 15.3. The van der Waals surface area contributed by atoms with Crippen molar-refractivity contribution in [1.82, 2.24) is 9.55 Å². The molecule has 3 aromatic rings. The summed E-state index contributed by atoms with van der Waals surface area (Å²) in [5, 5.41) is 11.5. The predicted molar refractivity (Wildman–Crippen MR) is 107 cm³/mol. The third-order valence-electron chi connectivity index (χ3n) is 4.92. The van der Waals surface area contributed by atoms with E-state index in [9.17, 15) is 19.7 Å². The fourth-order valence-corrected chi connectivity index (χ4v) is 4.41. The van der Waals surface area contributed by atoms with Gasteiger partial charge in [0.15, 0.2) is 0 Å². The van der Waals surface area contributed by atoms with Crippen LogP contribution in [0, 0.1) is 10.1 Å². The van der Waals surface area contributed by atoms with E-state index in [0.717, 1.165) is 23.3 Å². The highest BCUT2D eigenvalue weighted by Gasteiger charge is 2.25. The molecule has 0 spiro atoms. The lowest BCUT2D eigenvalue weighted by Crippen LogP contribution is -2.39. The number of benzene rings is 1. The maximum absolute atomic E-state index is 12.9. The zero-order chi connectivity index (χ0) is 19.8. The van der Waals surface area contributed by atoms with Crippen LogP contribution in [-0.2, 0) is 24.2 Å². The van der Waals surface area contributed by atoms with Crippen LogP contribution in [-0.4, -0.2) is 26.9 Å². The number of hydrogen-bond acceptors (Lipinski definition) is 6. The van der Waals surface area contributed by atoms with E-state index in [1.54, 1.807) is 11.0 Å². The number of anilines is 1. The second-order valence-corrected chi connectivity index (χ2v) is 7.80. The van der Waals surface area contributed by atoms with Gasteiger partial charge >= 0.3 is 0 Å². The Morgan fingerprint density at radius 1 is 1.36 bits per heavy atom. The van der Waals surface area contributed by atoms with E-state index in [1.807, 2.05) is 13.0 Å². The van der Waals surface area contributed by atoms with Crippen LogP contribution in [0.3, 0.4) is 0 Å². The highest BCUT2D eigenvalue weighted by molar-refractivity contribution is 7.18. The summed E-state index contributed by atoms with van der Waals surface area (Å²) < 4.78 is 1.33. The predicted octanol–water partition coefficient (Wildman–Crippen LogP) is 2.91. The number of nitro groups is 1. The van der Waals surface area contributed by atoms with Crippen molar-refractivity contribution in [2.75, 3.05) is 11.4 Å². The minimum atomic E-state index is -0.438. The topological polar surface area (TPSA) is 98.3 Å². The van der Waals surface area contributed by atoms with Crippen molar-refractivity contribution < 1.29 is 9.72 Å². The fourth-order valence-electron chi connectivity index (χ4n) is 3.48. The Bertz CT molecular complexity index is 1150. The number of nitro benzene ring substituents is 1. The van der Waals surface area contributed by atoms with Crippen LogP contribution in [0.4, 0.5) is 11.4 Å². The van der Waals surface area contributed by atoms with Crippen LogP contribution in [0.15, 0.2) is 35.4 Å². The summed E-state index contributed by atoms with van der Waals surface area (Å²) >= 11 is 1.49. The van der Waals surface area contributed by atoms with Gasteiger partial charge in [-0.2, -0.15) is 0 Å². The second kappa shape index (κ2) is 7.16. The molecule has 1 aliphatic heterocycles. The largest absolute Gasteiger partial charge is 0.311 e. The van der Waals surface area contributed by atoms with E-state index < -0.39 is 4.92 Å². The zero-order valence-corrected chi connectivity index (χ0v) is 16.1. The van der Waals surface area contributed by atoms with Crippen molar-refractivity contribution in [2.45, 2.75) is 32.7 Å². The number of nitrogens with zero attached hydrogens (tertiary/aromatic N) is 4. The van der Waals surface area contributed by atoms with Crippen molar-refractivity contribution in [2.24, 2.45) is 0 Å². The molecule has 8 nitrogen and oxygen atoms in total. The molecule has 0 radical (unpaired) electrons. The lowest BCUT2D eigenvalue weighted by Gasteiger charge is -2.29. The molecule has 4 rings (SSSR count). The molecule has 0 bridgehead atoms. The number of non-ortho nitro benzene ring substituents is 1. The average molecular weight is 398 g/mol. The van der Waals surface area contributed by atoms with Crippen LogP contribution in [0.1, 0.15) is 23.8 Å². The number of thiophene rings is 1. The van der Waals surface area contributed by atoms with Gasteiger partial charge in [-0.25, -0.2) is 4.98 Å². The monoisotopic (exact) mass is 398 g/mol. The van der Waals surface area contributed by atoms with Crippen molar-refractivity contribution in [1.29, 1.82) is 0 Å². The summed E-state index contributed by atoms with van der Waals surface area (Å²) in [6, 6.07) is 6.38. The SMILES string of the molecule is CCc1cc2c(=O)n(CC(=O)N3CCCc4cc([N+](=O)[O-])ccc43)cnc2s1. The molecule has 0 N–H and O–H groups in total. The van der Waals surface area contributed by atoms with E-state index in [1.165, 1.54) is 34.4 Å². The molecule has 28 heavy (non-hydrogen) atoms. The number of hydrogen-bond donors (Lipinski definition) is 0. The summed E-state index contributed by atoms with van der Waals surface area (Å²) in [5.41, 5.74) is 1.24. The molecular weight excluding hydrogens is 380 g/mol. The summed E-state index contributed by atoms with van der Waals surface area (Å²) in [7, 11) is 0. The van der Waals surface area contributed by atoms with Crippen molar-refractivity contribution in [3.63, 3.8) is 0 Å². The van der Waals surface area contributed by atoms with Crippen molar-refractivity contribution >= 4 is 38.8 Å². The summed E-state index contributed by atoms with van der Waals surface area (Å²) in [6.45, 7) is 2.42. The fraction of sp³-hybridized carbons (Fsp3) is 0.316. The minimum absolute atomic E-state index is 0.0168. The summed E-state index contributed by atoms with van der Waals surface area (Å²) in [6.07, 6.45) is 3.65. The third kappa shape index (κ3) is 3.18. The molecule has 3 heterocycles. The maximum atomic E-state index is 12.9. The first-order valence-electron chi connectivity index (χ1n) is 9.03. The van der Waals surface area contributed by atoms with Crippen molar-refractivity contribution in [3.8, 4) is 0 Å². The molecule has 0 saturated carbocycles. The first-order chi connectivity index (χ1) is 13.5. The van der Waals surface area contributed by atoms with E-state index in [0.29, 0.717) is 28.9 Å². The average Bonchev–Trinajstić information content (AvgIpc) is 3.13. The Morgan fingerprint density at radius 2 is 2.18 bits per heavy atom. The number of aromatic nitrogens is 2. The van der Waals surface area contributed by atoms with E-state index in [-0.39, 0.29) is 23.7 Å². The van der Waals surface area contributed by atoms with Crippen LogP contribution < -0.4 is 10.5 Å². The van der Waals surface area contributed by atoms with Gasteiger partial charge in [0, 0.05) is 29.2 Å². The van der Waals surface area contributed by atoms with Gasteiger partial charge in [-0.05, 0) is 37.0 Å². The lowest BCUT2D eigenvalue weighted by atomic mass is 10.0. The normalized spacial score (nSPS) is 13.5. The molecule has 1 aromatic carbocycles. The third-order valence-corrected chi connectivity index (χ3v) is 6.10. The van der Waals surface area contributed by atoms with Crippen LogP contribution in [0.25, 0.3) is 10.2 Å². The second-order valence-electron chi connectivity index (χ2n) is 6.68. The minimum Gasteiger partial charge on any atom is -0.311 e. The number of fused-ring (bicyclic) bond motifs is 2. The molecule has 1 amide bonds. The van der Waals surface area contributed by atoms with Crippen LogP contribution in [0.5, 0.6) is 0 Å². The van der Waals surface area contributed by atoms with Gasteiger partial charge in [0.1, 0.15) is 11.4 Å². The molecule has 1 aliphatic rings. The summed E-state index contributed by atoms with van der Waals surface area (Å²) in [4.78, 5) is 43.9.